The Morgan fingerprint density at radius 2 is 1.96 bits per heavy atom. The van der Waals surface area contributed by atoms with Crippen molar-refractivity contribution < 1.29 is 18.8 Å². The lowest BCUT2D eigenvalue weighted by molar-refractivity contribution is -0.0319. The zero-order chi connectivity index (χ0) is 19.1. The first kappa shape index (κ1) is 17.6. The topological polar surface area (TPSA) is 78.6 Å². The smallest absolute Gasteiger partial charge is 0.229 e. The molecule has 1 atom stereocenters. The summed E-state index contributed by atoms with van der Waals surface area (Å²) in [6.45, 7) is 1.92. The molecule has 1 aromatic heterocycles. The average molecular weight is 383 g/mol. The summed E-state index contributed by atoms with van der Waals surface area (Å²) in [5, 5.41) is 4.13. The van der Waals surface area contributed by atoms with E-state index in [0.29, 0.717) is 17.6 Å². The summed E-state index contributed by atoms with van der Waals surface area (Å²) in [4.78, 5) is 10.4. The molecule has 7 heteroatoms. The van der Waals surface area contributed by atoms with Gasteiger partial charge in [0.05, 0.1) is 18.9 Å². The van der Waals surface area contributed by atoms with Crippen LogP contribution in [0.5, 0.6) is 11.5 Å². The molecule has 3 aliphatic rings. The van der Waals surface area contributed by atoms with E-state index in [2.05, 4.69) is 15.6 Å². The third kappa shape index (κ3) is 3.24. The maximum Gasteiger partial charge on any atom is 0.229 e. The molecule has 2 saturated carbocycles. The highest BCUT2D eigenvalue weighted by molar-refractivity contribution is 5.68. The molecule has 0 saturated heterocycles. The lowest BCUT2D eigenvalue weighted by atomic mass is 10.0. The molecule has 148 valence electrons. The van der Waals surface area contributed by atoms with Gasteiger partial charge >= 0.3 is 0 Å². The van der Waals surface area contributed by atoms with Gasteiger partial charge in [-0.05, 0) is 69.7 Å². The van der Waals surface area contributed by atoms with Crippen LogP contribution in [0.4, 0.5) is 0 Å². The Balaban J connectivity index is 1.41. The van der Waals surface area contributed by atoms with Gasteiger partial charge in [-0.1, -0.05) is 5.16 Å². The van der Waals surface area contributed by atoms with Crippen LogP contribution in [0.15, 0.2) is 28.8 Å². The molecule has 1 aliphatic heterocycles. The van der Waals surface area contributed by atoms with Crippen molar-refractivity contribution in [3.63, 3.8) is 0 Å². The number of hydrogen-bond donors (Lipinski definition) is 1. The molecular formula is C21H25N3O4. The SMILES string of the molecule is COc1ccc(C2=CC(C)(c3noc(C4CC4)n3)ON2)cc1OC1CCCC1. The van der Waals surface area contributed by atoms with Crippen LogP contribution in [-0.2, 0) is 10.4 Å². The van der Waals surface area contributed by atoms with Crippen LogP contribution in [0.3, 0.4) is 0 Å². The van der Waals surface area contributed by atoms with Crippen molar-refractivity contribution >= 4 is 5.70 Å². The molecule has 1 unspecified atom stereocenters. The van der Waals surface area contributed by atoms with Crippen molar-refractivity contribution in [2.75, 3.05) is 7.11 Å². The van der Waals surface area contributed by atoms with Crippen molar-refractivity contribution in [3.05, 3.63) is 41.6 Å². The van der Waals surface area contributed by atoms with Gasteiger partial charge in [0.1, 0.15) is 0 Å². The number of methoxy groups -OCH3 is 1. The highest BCUT2D eigenvalue weighted by Crippen LogP contribution is 2.41. The summed E-state index contributed by atoms with van der Waals surface area (Å²) < 4.78 is 17.1. The Bertz CT molecular complexity index is 899. The van der Waals surface area contributed by atoms with Gasteiger partial charge in [0.25, 0.3) is 0 Å². The van der Waals surface area contributed by atoms with Gasteiger partial charge in [-0.15, -0.1) is 0 Å². The summed E-state index contributed by atoms with van der Waals surface area (Å²) >= 11 is 0. The normalized spacial score (nSPS) is 24.9. The van der Waals surface area contributed by atoms with E-state index < -0.39 is 5.60 Å². The summed E-state index contributed by atoms with van der Waals surface area (Å²) in [6.07, 6.45) is 9.11. The van der Waals surface area contributed by atoms with E-state index in [4.69, 9.17) is 18.8 Å². The zero-order valence-electron chi connectivity index (χ0n) is 16.2. The minimum Gasteiger partial charge on any atom is -0.493 e. The molecule has 28 heavy (non-hydrogen) atoms. The van der Waals surface area contributed by atoms with E-state index in [1.807, 2.05) is 31.2 Å². The second-order valence-corrected chi connectivity index (χ2v) is 7.99. The van der Waals surface area contributed by atoms with E-state index in [-0.39, 0.29) is 6.10 Å². The van der Waals surface area contributed by atoms with Crippen molar-refractivity contribution in [3.8, 4) is 11.5 Å². The molecule has 2 aromatic rings. The van der Waals surface area contributed by atoms with Crippen molar-refractivity contribution in [1.29, 1.82) is 0 Å². The fraction of sp³-hybridized carbons (Fsp3) is 0.524. The number of aromatic nitrogens is 2. The zero-order valence-corrected chi connectivity index (χ0v) is 16.2. The Morgan fingerprint density at radius 3 is 2.71 bits per heavy atom. The number of benzene rings is 1. The first-order valence-electron chi connectivity index (χ1n) is 10.0. The number of nitrogens with one attached hydrogen (secondary N) is 1. The third-order valence-corrected chi connectivity index (χ3v) is 5.68. The van der Waals surface area contributed by atoms with Crippen LogP contribution in [-0.4, -0.2) is 23.4 Å². The lowest BCUT2D eigenvalue weighted by Crippen LogP contribution is -2.24. The second kappa shape index (κ2) is 6.81. The van der Waals surface area contributed by atoms with Crippen LogP contribution < -0.4 is 15.0 Å². The minimum absolute atomic E-state index is 0.261. The van der Waals surface area contributed by atoms with Gasteiger partial charge in [-0.25, -0.2) is 0 Å². The highest BCUT2D eigenvalue weighted by Gasteiger charge is 2.39. The number of hydrogen-bond acceptors (Lipinski definition) is 7. The maximum atomic E-state index is 6.21. The van der Waals surface area contributed by atoms with Crippen LogP contribution in [0.2, 0.25) is 0 Å². The van der Waals surface area contributed by atoms with Gasteiger partial charge in [0, 0.05) is 11.5 Å². The molecule has 0 spiro atoms. The number of rotatable bonds is 6. The third-order valence-electron chi connectivity index (χ3n) is 5.68. The van der Waals surface area contributed by atoms with Gasteiger partial charge in [-0.2, -0.15) is 4.98 Å². The van der Waals surface area contributed by atoms with Gasteiger partial charge < -0.3 is 14.0 Å². The Kier molecular flexibility index (Phi) is 4.27. The van der Waals surface area contributed by atoms with Crippen LogP contribution in [0, 0.1) is 0 Å². The van der Waals surface area contributed by atoms with Crippen LogP contribution >= 0.6 is 0 Å². The predicted molar refractivity (Wildman–Crippen MR) is 102 cm³/mol. The largest absolute Gasteiger partial charge is 0.493 e. The van der Waals surface area contributed by atoms with Gasteiger partial charge in [0.2, 0.25) is 11.7 Å². The minimum atomic E-state index is -0.779. The van der Waals surface area contributed by atoms with Crippen molar-refractivity contribution in [1.82, 2.24) is 15.6 Å². The molecule has 0 bridgehead atoms. The molecule has 5 rings (SSSR count). The second-order valence-electron chi connectivity index (χ2n) is 7.99. The van der Waals surface area contributed by atoms with Gasteiger partial charge in [-0.3, -0.25) is 10.3 Å². The first-order chi connectivity index (χ1) is 13.6. The lowest BCUT2D eigenvalue weighted by Gasteiger charge is -2.17. The van der Waals surface area contributed by atoms with Gasteiger partial charge in [0.15, 0.2) is 17.1 Å². The first-order valence-corrected chi connectivity index (χ1v) is 10.0. The summed E-state index contributed by atoms with van der Waals surface area (Å²) in [5.74, 6) is 3.16. The molecule has 2 fully saturated rings. The summed E-state index contributed by atoms with van der Waals surface area (Å²) in [5.41, 5.74) is 4.05. The van der Waals surface area contributed by atoms with E-state index in [1.165, 1.54) is 12.8 Å². The summed E-state index contributed by atoms with van der Waals surface area (Å²) in [7, 11) is 1.66. The van der Waals surface area contributed by atoms with E-state index in [9.17, 15) is 0 Å². The number of hydroxylamine groups is 1. The van der Waals surface area contributed by atoms with Crippen LogP contribution in [0.25, 0.3) is 5.70 Å². The molecule has 1 aromatic carbocycles. The standard InChI is InChI=1S/C21H25N3O4/c1-21(20-22-19(27-24-20)13-7-8-13)12-16(23-28-21)14-9-10-17(25-2)18(11-14)26-15-5-3-4-6-15/h9-13,15,23H,3-8H2,1-2H3. The van der Waals surface area contributed by atoms with E-state index in [0.717, 1.165) is 48.4 Å². The predicted octanol–water partition coefficient (Wildman–Crippen LogP) is 4.07. The average Bonchev–Trinajstić information content (AvgIpc) is 3.11. The highest BCUT2D eigenvalue weighted by atomic mass is 16.7. The quantitative estimate of drug-likeness (QED) is 0.805. The Hall–Kier alpha value is -2.54. The monoisotopic (exact) mass is 383 g/mol. The Labute approximate surface area is 164 Å². The molecular weight excluding hydrogens is 358 g/mol. The van der Waals surface area contributed by atoms with E-state index >= 15 is 0 Å². The number of ether oxygens (including phenoxy) is 2. The molecule has 0 radical (unpaired) electrons. The molecule has 2 heterocycles. The van der Waals surface area contributed by atoms with E-state index in [1.54, 1.807) is 7.11 Å². The number of nitrogens with zero attached hydrogens (tertiary/aromatic N) is 2. The molecule has 1 N–H and O–H groups in total. The fourth-order valence-electron chi connectivity index (χ4n) is 3.80. The molecule has 7 nitrogen and oxygen atoms in total. The molecule has 0 amide bonds. The summed E-state index contributed by atoms with van der Waals surface area (Å²) in [6, 6.07) is 5.91. The molecule has 2 aliphatic carbocycles. The van der Waals surface area contributed by atoms with Crippen molar-refractivity contribution in [2.45, 2.75) is 63.1 Å². The Morgan fingerprint density at radius 1 is 1.14 bits per heavy atom. The van der Waals surface area contributed by atoms with Crippen LogP contribution in [0.1, 0.15) is 68.6 Å². The maximum absolute atomic E-state index is 6.21. The fourth-order valence-corrected chi connectivity index (χ4v) is 3.80. The van der Waals surface area contributed by atoms with Crippen molar-refractivity contribution in [2.24, 2.45) is 0 Å².